The number of benzene rings is 1. The van der Waals surface area contributed by atoms with E-state index in [4.69, 9.17) is 9.15 Å². The molecule has 0 saturated carbocycles. The molecule has 2 aromatic rings. The van der Waals surface area contributed by atoms with E-state index in [1.807, 2.05) is 31.2 Å². The molecule has 0 aliphatic carbocycles. The molecular weight excluding hydrogens is 236 g/mol. The lowest BCUT2D eigenvalue weighted by molar-refractivity contribution is 0.413. The molecule has 0 aliphatic heterocycles. The van der Waals surface area contributed by atoms with E-state index in [1.165, 1.54) is 0 Å². The van der Waals surface area contributed by atoms with Gasteiger partial charge < -0.3 is 9.15 Å². The van der Waals surface area contributed by atoms with Crippen LogP contribution in [0.3, 0.4) is 0 Å². The van der Waals surface area contributed by atoms with Gasteiger partial charge in [0.25, 0.3) is 0 Å². The average Bonchev–Trinajstić information content (AvgIpc) is 2.84. The molecule has 0 saturated heterocycles. The summed E-state index contributed by atoms with van der Waals surface area (Å²) >= 11 is 1.65. The summed E-state index contributed by atoms with van der Waals surface area (Å²) < 4.78 is 10.6. The van der Waals surface area contributed by atoms with Gasteiger partial charge in [0, 0.05) is 11.3 Å². The van der Waals surface area contributed by atoms with Crippen molar-refractivity contribution in [3.63, 3.8) is 0 Å². The van der Waals surface area contributed by atoms with Crippen LogP contribution in [0.5, 0.6) is 5.75 Å². The van der Waals surface area contributed by atoms with Gasteiger partial charge >= 0.3 is 0 Å². The van der Waals surface area contributed by atoms with Crippen LogP contribution in [0, 0.1) is 0 Å². The van der Waals surface area contributed by atoms with E-state index < -0.39 is 0 Å². The first-order chi connectivity index (χ1) is 8.31. The van der Waals surface area contributed by atoms with Crippen molar-refractivity contribution in [3.05, 3.63) is 36.0 Å². The van der Waals surface area contributed by atoms with Gasteiger partial charge in [-0.1, -0.05) is 13.0 Å². The smallest absolute Gasteiger partial charge is 0.226 e. The molecule has 0 amide bonds. The van der Waals surface area contributed by atoms with Gasteiger partial charge in [0.1, 0.15) is 5.75 Å². The predicted molar refractivity (Wildman–Crippen MR) is 66.2 cm³/mol. The topological polar surface area (TPSA) is 48.2 Å². The number of aryl methyl sites for hydroxylation is 1. The minimum Gasteiger partial charge on any atom is -0.497 e. The SMILES string of the molecule is CCc1nnc(CSc2cccc(OC)c2)o1. The van der Waals surface area contributed by atoms with Crippen LogP contribution in [-0.2, 0) is 12.2 Å². The van der Waals surface area contributed by atoms with Crippen LogP contribution in [0.25, 0.3) is 0 Å². The summed E-state index contributed by atoms with van der Waals surface area (Å²) in [6.07, 6.45) is 0.775. The second-order valence-electron chi connectivity index (χ2n) is 3.41. The number of methoxy groups -OCH3 is 1. The number of ether oxygens (including phenoxy) is 1. The zero-order valence-corrected chi connectivity index (χ0v) is 10.7. The average molecular weight is 250 g/mol. The Kier molecular flexibility index (Phi) is 4.03. The highest BCUT2D eigenvalue weighted by atomic mass is 32.2. The van der Waals surface area contributed by atoms with E-state index in [0.717, 1.165) is 17.1 Å². The Morgan fingerprint density at radius 2 is 2.12 bits per heavy atom. The van der Waals surface area contributed by atoms with Crippen LogP contribution in [-0.4, -0.2) is 17.3 Å². The summed E-state index contributed by atoms with van der Waals surface area (Å²) in [5, 5.41) is 7.90. The summed E-state index contributed by atoms with van der Waals surface area (Å²) in [5.74, 6) is 2.89. The number of nitrogens with zero attached hydrogens (tertiary/aromatic N) is 2. The van der Waals surface area contributed by atoms with Crippen molar-refractivity contribution in [2.24, 2.45) is 0 Å². The van der Waals surface area contributed by atoms with Crippen LogP contribution in [0.4, 0.5) is 0 Å². The number of hydrogen-bond donors (Lipinski definition) is 0. The van der Waals surface area contributed by atoms with E-state index in [-0.39, 0.29) is 0 Å². The first-order valence-corrected chi connectivity index (χ1v) is 6.38. The van der Waals surface area contributed by atoms with Crippen molar-refractivity contribution in [2.75, 3.05) is 7.11 Å². The van der Waals surface area contributed by atoms with Crippen molar-refractivity contribution in [3.8, 4) is 5.75 Å². The van der Waals surface area contributed by atoms with Crippen molar-refractivity contribution in [2.45, 2.75) is 24.0 Å². The largest absolute Gasteiger partial charge is 0.497 e. The standard InChI is InChI=1S/C12H14N2O2S/c1-3-11-13-14-12(16-11)8-17-10-6-4-5-9(7-10)15-2/h4-7H,3,8H2,1-2H3. The summed E-state index contributed by atoms with van der Waals surface area (Å²) in [7, 11) is 1.66. The van der Waals surface area contributed by atoms with Gasteiger partial charge in [-0.2, -0.15) is 0 Å². The lowest BCUT2D eigenvalue weighted by Crippen LogP contribution is -1.83. The number of thioether (sulfide) groups is 1. The molecule has 1 heterocycles. The summed E-state index contributed by atoms with van der Waals surface area (Å²) in [4.78, 5) is 1.13. The van der Waals surface area contributed by atoms with E-state index in [9.17, 15) is 0 Å². The summed E-state index contributed by atoms with van der Waals surface area (Å²) in [6.45, 7) is 1.99. The van der Waals surface area contributed by atoms with Crippen molar-refractivity contribution >= 4 is 11.8 Å². The monoisotopic (exact) mass is 250 g/mol. The molecule has 0 N–H and O–H groups in total. The molecule has 1 aromatic carbocycles. The van der Waals surface area contributed by atoms with E-state index >= 15 is 0 Å². The first kappa shape index (κ1) is 12.0. The Balaban J connectivity index is 1.96. The second-order valence-corrected chi connectivity index (χ2v) is 4.46. The van der Waals surface area contributed by atoms with Crippen molar-refractivity contribution < 1.29 is 9.15 Å². The third-order valence-corrected chi connectivity index (χ3v) is 3.19. The highest BCUT2D eigenvalue weighted by molar-refractivity contribution is 7.98. The molecular formula is C12H14N2O2S. The quantitative estimate of drug-likeness (QED) is 0.763. The van der Waals surface area contributed by atoms with Gasteiger partial charge in [0.2, 0.25) is 11.8 Å². The fourth-order valence-corrected chi connectivity index (χ4v) is 2.11. The molecule has 0 spiro atoms. The lowest BCUT2D eigenvalue weighted by atomic mass is 10.3. The lowest BCUT2D eigenvalue weighted by Gasteiger charge is -2.02. The molecule has 1 aromatic heterocycles. The fourth-order valence-electron chi connectivity index (χ4n) is 1.33. The van der Waals surface area contributed by atoms with Crippen molar-refractivity contribution in [1.29, 1.82) is 0 Å². The number of hydrogen-bond acceptors (Lipinski definition) is 5. The van der Waals surface area contributed by atoms with E-state index in [1.54, 1.807) is 18.9 Å². The van der Waals surface area contributed by atoms with Crippen LogP contribution < -0.4 is 4.74 Å². The zero-order valence-electron chi connectivity index (χ0n) is 9.84. The van der Waals surface area contributed by atoms with Crippen molar-refractivity contribution in [1.82, 2.24) is 10.2 Å². The molecule has 0 aliphatic rings. The molecule has 0 radical (unpaired) electrons. The first-order valence-electron chi connectivity index (χ1n) is 5.40. The Hall–Kier alpha value is -1.49. The molecule has 90 valence electrons. The van der Waals surface area contributed by atoms with Gasteiger partial charge in [-0.05, 0) is 18.2 Å². The molecule has 17 heavy (non-hydrogen) atoms. The number of aromatic nitrogens is 2. The molecule has 0 atom stereocenters. The van der Waals surface area contributed by atoms with Gasteiger partial charge in [0.05, 0.1) is 12.9 Å². The molecule has 0 unspecified atom stereocenters. The summed E-state index contributed by atoms with van der Waals surface area (Å²) in [6, 6.07) is 7.91. The minimum atomic E-state index is 0.662. The van der Waals surface area contributed by atoms with E-state index in [2.05, 4.69) is 10.2 Å². The molecule has 0 bridgehead atoms. The third-order valence-electron chi connectivity index (χ3n) is 2.21. The zero-order chi connectivity index (χ0) is 12.1. The minimum absolute atomic E-state index is 0.662. The number of rotatable bonds is 5. The van der Waals surface area contributed by atoms with Crippen LogP contribution in [0.2, 0.25) is 0 Å². The van der Waals surface area contributed by atoms with Crippen LogP contribution in [0.15, 0.2) is 33.6 Å². The van der Waals surface area contributed by atoms with Crippen LogP contribution >= 0.6 is 11.8 Å². The maximum Gasteiger partial charge on any atom is 0.226 e. The highest BCUT2D eigenvalue weighted by Gasteiger charge is 2.05. The highest BCUT2D eigenvalue weighted by Crippen LogP contribution is 2.25. The normalized spacial score (nSPS) is 10.5. The summed E-state index contributed by atoms with van der Waals surface area (Å²) in [5.41, 5.74) is 0. The Bertz CT molecular complexity index is 485. The molecule has 2 rings (SSSR count). The Labute approximate surface area is 104 Å². The Morgan fingerprint density at radius 3 is 2.82 bits per heavy atom. The molecule has 0 fully saturated rings. The van der Waals surface area contributed by atoms with Gasteiger partial charge in [-0.3, -0.25) is 0 Å². The fraction of sp³-hybridized carbons (Fsp3) is 0.333. The molecule has 4 nitrogen and oxygen atoms in total. The van der Waals surface area contributed by atoms with Crippen LogP contribution in [0.1, 0.15) is 18.7 Å². The maximum absolute atomic E-state index is 5.44. The van der Waals surface area contributed by atoms with Gasteiger partial charge in [-0.25, -0.2) is 0 Å². The Morgan fingerprint density at radius 1 is 1.29 bits per heavy atom. The second kappa shape index (κ2) is 5.72. The molecule has 5 heteroatoms. The van der Waals surface area contributed by atoms with Gasteiger partial charge in [-0.15, -0.1) is 22.0 Å². The van der Waals surface area contributed by atoms with Gasteiger partial charge in [0.15, 0.2) is 0 Å². The predicted octanol–water partition coefficient (Wildman–Crippen LogP) is 2.93. The van der Waals surface area contributed by atoms with E-state index in [0.29, 0.717) is 17.5 Å². The maximum atomic E-state index is 5.44. The third kappa shape index (κ3) is 3.23.